The van der Waals surface area contributed by atoms with E-state index in [1.807, 2.05) is 54.6 Å². The normalized spacial score (nSPS) is 11.0. The molecule has 0 amide bonds. The Balaban J connectivity index is 1.81. The van der Waals surface area contributed by atoms with Crippen LogP contribution >= 0.6 is 0 Å². The van der Waals surface area contributed by atoms with Gasteiger partial charge in [-0.25, -0.2) is 4.79 Å². The van der Waals surface area contributed by atoms with Crippen LogP contribution in [0.1, 0.15) is 5.69 Å². The van der Waals surface area contributed by atoms with Crippen molar-refractivity contribution in [3.05, 3.63) is 87.3 Å². The lowest BCUT2D eigenvalue weighted by molar-refractivity contribution is 0.378. The van der Waals surface area contributed by atoms with Crippen molar-refractivity contribution in [2.75, 3.05) is 0 Å². The topological polar surface area (TPSA) is 80.9 Å². The summed E-state index contributed by atoms with van der Waals surface area (Å²) in [5.41, 5.74) is 1.20. The third-order valence-electron chi connectivity index (χ3n) is 3.86. The highest BCUT2D eigenvalue weighted by Crippen LogP contribution is 2.16. The standard InChI is InChI=1S/C18H13N3O3/c22-17-15-9-5-4-8-13(15)10-14(19-17)11-21-16(20-24-18(21)23)12-6-2-1-3-7-12/h1-10H,11H2,(H,19,22). The van der Waals surface area contributed by atoms with E-state index >= 15 is 0 Å². The highest BCUT2D eigenvalue weighted by Gasteiger charge is 2.13. The summed E-state index contributed by atoms with van der Waals surface area (Å²) in [5.74, 6) is -0.141. The second-order valence-corrected chi connectivity index (χ2v) is 5.44. The molecular formula is C18H13N3O3. The third kappa shape index (κ3) is 2.44. The SMILES string of the molecule is O=c1[nH]c(Cn2c(-c3ccccc3)noc2=O)cc2ccccc12. The largest absolute Gasteiger partial charge is 0.442 e. The predicted octanol–water partition coefficient (Wildman–Crippen LogP) is 2.39. The molecule has 0 radical (unpaired) electrons. The number of rotatable bonds is 3. The number of fused-ring (bicyclic) bond motifs is 1. The number of aromatic nitrogens is 3. The summed E-state index contributed by atoms with van der Waals surface area (Å²) < 4.78 is 6.20. The lowest BCUT2D eigenvalue weighted by Gasteiger charge is -2.06. The van der Waals surface area contributed by atoms with Crippen molar-refractivity contribution >= 4 is 10.8 Å². The Morgan fingerprint density at radius 3 is 2.58 bits per heavy atom. The molecule has 4 rings (SSSR count). The van der Waals surface area contributed by atoms with Crippen molar-refractivity contribution in [1.82, 2.24) is 14.7 Å². The molecule has 0 unspecified atom stereocenters. The predicted molar refractivity (Wildman–Crippen MR) is 89.9 cm³/mol. The lowest BCUT2D eigenvalue weighted by Crippen LogP contribution is -2.19. The maximum Gasteiger partial charge on any atom is 0.442 e. The van der Waals surface area contributed by atoms with E-state index in [0.29, 0.717) is 16.9 Å². The fourth-order valence-electron chi connectivity index (χ4n) is 2.72. The minimum atomic E-state index is -0.567. The van der Waals surface area contributed by atoms with Crippen LogP contribution in [-0.4, -0.2) is 14.7 Å². The zero-order chi connectivity index (χ0) is 16.5. The Bertz CT molecular complexity index is 1120. The van der Waals surface area contributed by atoms with E-state index in [2.05, 4.69) is 10.1 Å². The molecule has 2 aromatic carbocycles. The first-order valence-corrected chi connectivity index (χ1v) is 7.45. The highest BCUT2D eigenvalue weighted by atomic mass is 16.5. The number of aromatic amines is 1. The van der Waals surface area contributed by atoms with Crippen molar-refractivity contribution < 1.29 is 4.52 Å². The first kappa shape index (κ1) is 14.2. The van der Waals surface area contributed by atoms with Gasteiger partial charge in [0.2, 0.25) is 0 Å². The smallest absolute Gasteiger partial charge is 0.324 e. The summed E-state index contributed by atoms with van der Waals surface area (Å²) in [6.07, 6.45) is 0. The monoisotopic (exact) mass is 319 g/mol. The summed E-state index contributed by atoms with van der Waals surface area (Å²) in [5, 5.41) is 5.28. The van der Waals surface area contributed by atoms with E-state index in [4.69, 9.17) is 4.52 Å². The molecule has 0 bridgehead atoms. The Hall–Kier alpha value is -3.41. The van der Waals surface area contributed by atoms with Gasteiger partial charge in [0.15, 0.2) is 5.82 Å². The molecule has 24 heavy (non-hydrogen) atoms. The fraction of sp³-hybridized carbons (Fsp3) is 0.0556. The number of benzene rings is 2. The quantitative estimate of drug-likeness (QED) is 0.629. The van der Waals surface area contributed by atoms with Crippen LogP contribution in [0.5, 0.6) is 0 Å². The second-order valence-electron chi connectivity index (χ2n) is 5.44. The molecular weight excluding hydrogens is 306 g/mol. The van der Waals surface area contributed by atoms with Gasteiger partial charge >= 0.3 is 5.76 Å². The molecule has 2 heterocycles. The summed E-state index contributed by atoms with van der Waals surface area (Å²) in [7, 11) is 0. The Kier molecular flexibility index (Phi) is 3.35. The summed E-state index contributed by atoms with van der Waals surface area (Å²) in [6.45, 7) is 0.173. The molecule has 6 nitrogen and oxygen atoms in total. The highest BCUT2D eigenvalue weighted by molar-refractivity contribution is 5.81. The number of pyridine rings is 1. The zero-order valence-electron chi connectivity index (χ0n) is 12.6. The van der Waals surface area contributed by atoms with E-state index in [0.717, 1.165) is 10.9 Å². The van der Waals surface area contributed by atoms with E-state index in [1.54, 1.807) is 6.07 Å². The second kappa shape index (κ2) is 5.66. The van der Waals surface area contributed by atoms with Gasteiger partial charge in [0.1, 0.15) is 0 Å². The van der Waals surface area contributed by atoms with Gasteiger partial charge in [-0.1, -0.05) is 53.7 Å². The first-order chi connectivity index (χ1) is 11.7. The van der Waals surface area contributed by atoms with Gasteiger partial charge in [-0.05, 0) is 17.5 Å². The van der Waals surface area contributed by atoms with Crippen molar-refractivity contribution in [1.29, 1.82) is 0 Å². The Morgan fingerprint density at radius 2 is 1.75 bits per heavy atom. The molecule has 0 aliphatic heterocycles. The van der Waals surface area contributed by atoms with Crippen LogP contribution in [0, 0.1) is 0 Å². The van der Waals surface area contributed by atoms with Gasteiger partial charge in [0, 0.05) is 16.6 Å². The van der Waals surface area contributed by atoms with Crippen LogP contribution < -0.4 is 11.3 Å². The first-order valence-electron chi connectivity index (χ1n) is 7.45. The van der Waals surface area contributed by atoms with E-state index in [9.17, 15) is 9.59 Å². The molecule has 0 spiro atoms. The summed E-state index contributed by atoms with van der Waals surface area (Å²) in [6, 6.07) is 18.4. The molecule has 0 aliphatic rings. The third-order valence-corrected chi connectivity index (χ3v) is 3.86. The molecule has 0 aliphatic carbocycles. The molecule has 118 valence electrons. The molecule has 1 N–H and O–H groups in total. The summed E-state index contributed by atoms with van der Waals surface area (Å²) >= 11 is 0. The van der Waals surface area contributed by atoms with Gasteiger partial charge in [0.05, 0.1) is 6.54 Å². The molecule has 0 atom stereocenters. The van der Waals surface area contributed by atoms with Crippen LogP contribution in [0.2, 0.25) is 0 Å². The fourth-order valence-corrected chi connectivity index (χ4v) is 2.72. The maximum absolute atomic E-state index is 12.2. The number of H-pyrrole nitrogens is 1. The van der Waals surface area contributed by atoms with Crippen molar-refractivity contribution in [3.8, 4) is 11.4 Å². The number of nitrogens with one attached hydrogen (secondary N) is 1. The van der Waals surface area contributed by atoms with Crippen LogP contribution in [0.25, 0.3) is 22.2 Å². The van der Waals surface area contributed by atoms with Gasteiger partial charge in [-0.15, -0.1) is 0 Å². The molecule has 2 aromatic heterocycles. The minimum absolute atomic E-state index is 0.173. The van der Waals surface area contributed by atoms with Crippen LogP contribution in [0.3, 0.4) is 0 Å². The Labute approximate surface area is 136 Å². The van der Waals surface area contributed by atoms with Gasteiger partial charge < -0.3 is 4.98 Å². The van der Waals surface area contributed by atoms with Crippen molar-refractivity contribution in [2.45, 2.75) is 6.54 Å². The number of nitrogens with zero attached hydrogens (tertiary/aromatic N) is 2. The van der Waals surface area contributed by atoms with Gasteiger partial charge in [-0.2, -0.15) is 0 Å². The zero-order valence-corrected chi connectivity index (χ0v) is 12.6. The van der Waals surface area contributed by atoms with Gasteiger partial charge in [-0.3, -0.25) is 13.9 Å². The molecule has 4 aromatic rings. The van der Waals surface area contributed by atoms with Crippen molar-refractivity contribution in [3.63, 3.8) is 0 Å². The van der Waals surface area contributed by atoms with E-state index < -0.39 is 5.76 Å². The molecule has 0 saturated heterocycles. The summed E-state index contributed by atoms with van der Waals surface area (Å²) in [4.78, 5) is 27.0. The number of hydrogen-bond donors (Lipinski definition) is 1. The Morgan fingerprint density at radius 1 is 1.00 bits per heavy atom. The lowest BCUT2D eigenvalue weighted by atomic mass is 10.1. The van der Waals surface area contributed by atoms with E-state index in [1.165, 1.54) is 4.57 Å². The number of hydrogen-bond acceptors (Lipinski definition) is 4. The van der Waals surface area contributed by atoms with E-state index in [-0.39, 0.29) is 12.1 Å². The average Bonchev–Trinajstić information content (AvgIpc) is 2.96. The molecule has 0 fully saturated rings. The van der Waals surface area contributed by atoms with Crippen LogP contribution in [0.15, 0.2) is 74.8 Å². The average molecular weight is 319 g/mol. The minimum Gasteiger partial charge on any atom is -0.324 e. The maximum atomic E-state index is 12.2. The molecule has 0 saturated carbocycles. The van der Waals surface area contributed by atoms with Gasteiger partial charge in [0.25, 0.3) is 5.56 Å². The van der Waals surface area contributed by atoms with Crippen molar-refractivity contribution in [2.24, 2.45) is 0 Å². The molecule has 6 heteroatoms. The van der Waals surface area contributed by atoms with Crippen LogP contribution in [0.4, 0.5) is 0 Å². The van der Waals surface area contributed by atoms with Crippen LogP contribution in [-0.2, 0) is 6.54 Å².